The van der Waals surface area contributed by atoms with E-state index >= 15 is 0 Å². The number of pyridine rings is 1. The van der Waals surface area contributed by atoms with Crippen LogP contribution in [-0.2, 0) is 0 Å². The monoisotopic (exact) mass is 321 g/mol. The van der Waals surface area contributed by atoms with Crippen LogP contribution in [0, 0.1) is 10.6 Å². The molecule has 80 valence electrons. The molecular formula is C14H12IN. The molecule has 0 saturated heterocycles. The van der Waals surface area contributed by atoms with Crippen molar-refractivity contribution >= 4 is 34.7 Å². The first-order chi connectivity index (χ1) is 7.75. The van der Waals surface area contributed by atoms with Gasteiger partial charge in [-0.25, -0.2) is 4.98 Å². The molecule has 0 aliphatic carbocycles. The van der Waals surface area contributed by atoms with E-state index in [1.807, 2.05) is 24.4 Å². The molecule has 1 heterocycles. The molecule has 0 amide bonds. The smallest absolute Gasteiger partial charge is 0.108 e. The van der Waals surface area contributed by atoms with Gasteiger partial charge < -0.3 is 0 Å². The summed E-state index contributed by atoms with van der Waals surface area (Å²) in [6.45, 7) is 2.06. The fourth-order valence-electron chi connectivity index (χ4n) is 1.44. The first-order valence-electron chi connectivity index (χ1n) is 5.11. The zero-order chi connectivity index (χ0) is 11.4. The quantitative estimate of drug-likeness (QED) is 0.598. The number of halogens is 1. The summed E-state index contributed by atoms with van der Waals surface area (Å²) >= 11 is 2.26. The standard InChI is InChI=1S/C14H12IN/c1-11-9-13(14(15)16-10-11)8-7-12-5-3-2-4-6-12/h2-10H,1H3/b8-7+. The van der Waals surface area contributed by atoms with Gasteiger partial charge in [-0.1, -0.05) is 42.5 Å². The third-order valence-corrected chi connectivity index (χ3v) is 3.16. The van der Waals surface area contributed by atoms with Gasteiger partial charge in [0.25, 0.3) is 0 Å². The van der Waals surface area contributed by atoms with Gasteiger partial charge in [-0.05, 0) is 46.7 Å². The first-order valence-corrected chi connectivity index (χ1v) is 6.19. The van der Waals surface area contributed by atoms with E-state index in [-0.39, 0.29) is 0 Å². The molecule has 2 rings (SSSR count). The number of hydrogen-bond acceptors (Lipinski definition) is 1. The van der Waals surface area contributed by atoms with Crippen molar-refractivity contribution in [2.75, 3.05) is 0 Å². The second-order valence-corrected chi connectivity index (χ2v) is 4.66. The van der Waals surface area contributed by atoms with Gasteiger partial charge in [0.15, 0.2) is 0 Å². The SMILES string of the molecule is Cc1cnc(I)c(/C=C/c2ccccc2)c1. The van der Waals surface area contributed by atoms with E-state index in [0.717, 1.165) is 3.70 Å². The maximum absolute atomic E-state index is 4.33. The van der Waals surface area contributed by atoms with Crippen LogP contribution in [0.3, 0.4) is 0 Å². The van der Waals surface area contributed by atoms with Crippen LogP contribution in [0.25, 0.3) is 12.2 Å². The molecule has 0 unspecified atom stereocenters. The van der Waals surface area contributed by atoms with Gasteiger partial charge in [-0.3, -0.25) is 0 Å². The van der Waals surface area contributed by atoms with Gasteiger partial charge >= 0.3 is 0 Å². The van der Waals surface area contributed by atoms with E-state index in [4.69, 9.17) is 0 Å². The minimum Gasteiger partial charge on any atom is -0.249 e. The third kappa shape index (κ3) is 2.92. The van der Waals surface area contributed by atoms with Crippen molar-refractivity contribution in [3.8, 4) is 0 Å². The van der Waals surface area contributed by atoms with Crippen molar-refractivity contribution < 1.29 is 0 Å². The molecule has 0 N–H and O–H groups in total. The molecule has 0 saturated carbocycles. The number of hydrogen-bond donors (Lipinski definition) is 0. The highest BCUT2D eigenvalue weighted by Gasteiger charge is 1.96. The molecule has 0 aliphatic heterocycles. The van der Waals surface area contributed by atoms with Crippen LogP contribution in [0.4, 0.5) is 0 Å². The third-order valence-electron chi connectivity index (χ3n) is 2.26. The molecule has 2 heteroatoms. The predicted octanol–water partition coefficient (Wildman–Crippen LogP) is 4.17. The Balaban J connectivity index is 2.27. The lowest BCUT2D eigenvalue weighted by atomic mass is 10.1. The van der Waals surface area contributed by atoms with Gasteiger partial charge in [0.05, 0.1) is 0 Å². The molecule has 1 aromatic heterocycles. The van der Waals surface area contributed by atoms with Crippen molar-refractivity contribution in [2.24, 2.45) is 0 Å². The number of aryl methyl sites for hydroxylation is 1. The maximum Gasteiger partial charge on any atom is 0.108 e. The first kappa shape index (κ1) is 11.3. The average Bonchev–Trinajstić information content (AvgIpc) is 2.32. The second kappa shape index (κ2) is 5.25. The summed E-state index contributed by atoms with van der Waals surface area (Å²) in [5.41, 5.74) is 3.57. The lowest BCUT2D eigenvalue weighted by molar-refractivity contribution is 1.21. The Morgan fingerprint density at radius 2 is 1.88 bits per heavy atom. The normalized spacial score (nSPS) is 10.9. The van der Waals surface area contributed by atoms with Gasteiger partial charge in [-0.2, -0.15) is 0 Å². The van der Waals surface area contributed by atoms with E-state index in [1.54, 1.807) is 0 Å². The minimum absolute atomic E-state index is 1.04. The van der Waals surface area contributed by atoms with Crippen LogP contribution in [0.15, 0.2) is 42.6 Å². The highest BCUT2D eigenvalue weighted by atomic mass is 127. The molecule has 0 fully saturated rings. The lowest BCUT2D eigenvalue weighted by Crippen LogP contribution is -1.86. The number of rotatable bonds is 2. The Labute approximate surface area is 109 Å². The largest absolute Gasteiger partial charge is 0.249 e. The maximum atomic E-state index is 4.33. The summed E-state index contributed by atoms with van der Waals surface area (Å²) < 4.78 is 1.04. The topological polar surface area (TPSA) is 12.9 Å². The van der Waals surface area contributed by atoms with Crippen molar-refractivity contribution in [3.05, 3.63) is 63.0 Å². The average molecular weight is 321 g/mol. The molecule has 0 atom stereocenters. The van der Waals surface area contributed by atoms with Crippen LogP contribution < -0.4 is 0 Å². The van der Waals surface area contributed by atoms with Crippen molar-refractivity contribution in [1.29, 1.82) is 0 Å². The molecule has 0 spiro atoms. The van der Waals surface area contributed by atoms with E-state index in [2.05, 4.69) is 64.8 Å². The molecule has 1 aromatic carbocycles. The van der Waals surface area contributed by atoms with Gasteiger partial charge in [-0.15, -0.1) is 0 Å². The van der Waals surface area contributed by atoms with E-state index in [9.17, 15) is 0 Å². The van der Waals surface area contributed by atoms with Gasteiger partial charge in [0, 0.05) is 11.8 Å². The number of benzene rings is 1. The Kier molecular flexibility index (Phi) is 3.72. The van der Waals surface area contributed by atoms with Gasteiger partial charge in [0.1, 0.15) is 3.70 Å². The summed E-state index contributed by atoms with van der Waals surface area (Å²) in [5.74, 6) is 0. The Morgan fingerprint density at radius 3 is 2.62 bits per heavy atom. The van der Waals surface area contributed by atoms with E-state index in [0.29, 0.717) is 0 Å². The van der Waals surface area contributed by atoms with Crippen molar-refractivity contribution in [2.45, 2.75) is 6.92 Å². The lowest BCUT2D eigenvalue weighted by Gasteiger charge is -1.99. The Bertz CT molecular complexity index is 503. The molecule has 16 heavy (non-hydrogen) atoms. The predicted molar refractivity (Wildman–Crippen MR) is 77.1 cm³/mol. The number of aromatic nitrogens is 1. The summed E-state index contributed by atoms with van der Waals surface area (Å²) in [5, 5.41) is 0. The van der Waals surface area contributed by atoms with Crippen molar-refractivity contribution in [1.82, 2.24) is 4.98 Å². The minimum atomic E-state index is 1.04. The van der Waals surface area contributed by atoms with Crippen LogP contribution in [0.5, 0.6) is 0 Å². The molecular weight excluding hydrogens is 309 g/mol. The van der Waals surface area contributed by atoms with Gasteiger partial charge in [0.2, 0.25) is 0 Å². The Hall–Kier alpha value is -1.16. The van der Waals surface area contributed by atoms with Crippen LogP contribution >= 0.6 is 22.6 Å². The van der Waals surface area contributed by atoms with Crippen LogP contribution in [-0.4, -0.2) is 4.98 Å². The summed E-state index contributed by atoms with van der Waals surface area (Å²) in [6, 6.07) is 12.4. The zero-order valence-corrected chi connectivity index (χ0v) is 11.2. The molecule has 0 radical (unpaired) electrons. The zero-order valence-electron chi connectivity index (χ0n) is 9.02. The molecule has 1 nitrogen and oxygen atoms in total. The fraction of sp³-hybridized carbons (Fsp3) is 0.0714. The summed E-state index contributed by atoms with van der Waals surface area (Å²) in [7, 11) is 0. The fourth-order valence-corrected chi connectivity index (χ4v) is 1.92. The van der Waals surface area contributed by atoms with E-state index < -0.39 is 0 Å². The highest BCUT2D eigenvalue weighted by Crippen LogP contribution is 2.14. The molecule has 0 aliphatic rings. The summed E-state index contributed by atoms with van der Waals surface area (Å²) in [6.07, 6.45) is 6.11. The van der Waals surface area contributed by atoms with Crippen molar-refractivity contribution in [3.63, 3.8) is 0 Å². The summed E-state index contributed by atoms with van der Waals surface area (Å²) in [4.78, 5) is 4.33. The van der Waals surface area contributed by atoms with E-state index in [1.165, 1.54) is 16.7 Å². The second-order valence-electron chi connectivity index (χ2n) is 3.64. The molecule has 2 aromatic rings. The highest BCUT2D eigenvalue weighted by molar-refractivity contribution is 14.1. The number of nitrogens with zero attached hydrogens (tertiary/aromatic N) is 1. The van der Waals surface area contributed by atoms with Crippen LogP contribution in [0.1, 0.15) is 16.7 Å². The van der Waals surface area contributed by atoms with Crippen LogP contribution in [0.2, 0.25) is 0 Å². The Morgan fingerprint density at radius 1 is 1.12 bits per heavy atom. The molecule has 0 bridgehead atoms.